The lowest BCUT2D eigenvalue weighted by Gasteiger charge is -2.24. The third-order valence-electron chi connectivity index (χ3n) is 15.5. The molecule has 2 atom stereocenters. The summed E-state index contributed by atoms with van der Waals surface area (Å²) in [6, 6.07) is 0. The number of esters is 2. The van der Waals surface area contributed by atoms with Crippen molar-refractivity contribution in [3.8, 4) is 0 Å². The molecule has 0 aromatic heterocycles. The van der Waals surface area contributed by atoms with E-state index in [4.69, 9.17) is 18.5 Å². The summed E-state index contributed by atoms with van der Waals surface area (Å²) < 4.78 is 34.7. The molecule has 0 bridgehead atoms. The number of phosphoric acid groups is 1. The Morgan fingerprint density at radius 1 is 0.364 bits per heavy atom. The van der Waals surface area contributed by atoms with E-state index in [0.717, 1.165) is 103 Å². The molecule has 0 saturated heterocycles. The first-order valence-electron chi connectivity index (χ1n) is 36.3. The molecule has 10 heteroatoms. The van der Waals surface area contributed by atoms with E-state index in [1.54, 1.807) is 0 Å². The highest BCUT2D eigenvalue weighted by atomic mass is 31.2. The molecule has 0 saturated carbocycles. The fourth-order valence-corrected chi connectivity index (χ4v) is 10.7. The van der Waals surface area contributed by atoms with Gasteiger partial charge in [-0.2, -0.15) is 0 Å². The normalized spacial score (nSPS) is 13.8. The van der Waals surface area contributed by atoms with Crippen LogP contribution in [-0.4, -0.2) is 74.9 Å². The predicted octanol–water partition coefficient (Wildman–Crippen LogP) is 23.8. The first-order valence-corrected chi connectivity index (χ1v) is 37.8. The SMILES string of the molecule is CC/C=C\C/C=C\C/C=C\C/C=C\C/C=C\C/C=C\C/C=C\CCCCCCCCCCCC(=O)OC(COC(=O)CCCCCCCCCCCCCCCCCCCC/C=C\C/C=C\C/C=C\CCCCCCC)COP(=O)(O)OCC[N+](C)(C)C. The predicted molar refractivity (Wildman–Crippen MR) is 381 cm³/mol. The second kappa shape index (κ2) is 67.8. The molecule has 1 N–H and O–H groups in total. The van der Waals surface area contributed by atoms with Crippen molar-refractivity contribution < 1.29 is 42.1 Å². The number of phosphoric ester groups is 1. The highest BCUT2D eigenvalue weighted by molar-refractivity contribution is 7.47. The average molecular weight is 1250 g/mol. The van der Waals surface area contributed by atoms with Crippen molar-refractivity contribution in [2.45, 2.75) is 315 Å². The number of allylic oxidation sites excluding steroid dienone is 20. The summed E-state index contributed by atoms with van der Waals surface area (Å²) in [5, 5.41) is 0. The van der Waals surface area contributed by atoms with Crippen molar-refractivity contribution in [2.75, 3.05) is 47.5 Å². The molecule has 506 valence electrons. The van der Waals surface area contributed by atoms with E-state index in [9.17, 15) is 19.0 Å². The number of hydrogen-bond donors (Lipinski definition) is 1. The highest BCUT2D eigenvalue weighted by Crippen LogP contribution is 2.43. The number of carbonyl (C=O) groups excluding carboxylic acids is 2. The largest absolute Gasteiger partial charge is 0.472 e. The standard InChI is InChI=1S/C78H136NO8P/c1-6-8-10-12-14-16-18-20-22-24-26-28-30-32-34-36-38-39-41-42-44-46-48-50-52-54-56-58-60-62-64-66-68-70-77(80)84-74-76(75-86-88(82,83)85-73-72-79(3,4)5)87-78(81)71-69-67-65-63-61-59-57-55-53-51-49-47-45-43-40-37-35-33-31-29-27-25-23-21-19-17-15-13-11-9-7-2/h9,11,15,17-18,20-21,23-24,26-27,29-30,32-33,35,40,43,47,49,76H,6-8,10,12-14,16,19,22,25,28,31,34,36-39,41-42,44-46,48,50-75H2,1-5H3/p+1/b11-9-,17-15-,20-18-,23-21-,26-24-,29-27-,32-30-,35-33-,43-40-,49-47-. The molecule has 0 spiro atoms. The van der Waals surface area contributed by atoms with E-state index in [0.29, 0.717) is 17.4 Å². The quantitative estimate of drug-likeness (QED) is 0.0211. The molecule has 2 unspecified atom stereocenters. The molecular weight excluding hydrogens is 1110 g/mol. The lowest BCUT2D eigenvalue weighted by molar-refractivity contribution is -0.870. The van der Waals surface area contributed by atoms with Gasteiger partial charge in [-0.3, -0.25) is 18.6 Å². The van der Waals surface area contributed by atoms with Gasteiger partial charge in [0.2, 0.25) is 0 Å². The van der Waals surface area contributed by atoms with Crippen LogP contribution in [0.2, 0.25) is 0 Å². The lowest BCUT2D eigenvalue weighted by atomic mass is 10.0. The summed E-state index contributed by atoms with van der Waals surface area (Å²) in [7, 11) is 1.47. The molecule has 0 aliphatic heterocycles. The van der Waals surface area contributed by atoms with E-state index >= 15 is 0 Å². The van der Waals surface area contributed by atoms with Gasteiger partial charge in [0.1, 0.15) is 19.8 Å². The molecule has 0 aromatic carbocycles. The van der Waals surface area contributed by atoms with Gasteiger partial charge in [0.05, 0.1) is 27.7 Å². The minimum Gasteiger partial charge on any atom is -0.462 e. The number of carbonyl (C=O) groups is 2. The molecule has 0 aliphatic rings. The zero-order valence-corrected chi connectivity index (χ0v) is 58.6. The number of nitrogens with zero attached hydrogens (tertiary/aromatic N) is 1. The summed E-state index contributed by atoms with van der Waals surface area (Å²) in [5.74, 6) is -0.801. The Labute approximate surface area is 543 Å². The maximum absolute atomic E-state index is 12.9. The first-order chi connectivity index (χ1) is 43.0. The molecule has 0 amide bonds. The number of ether oxygens (including phenoxy) is 2. The molecule has 0 heterocycles. The molecule has 0 fully saturated rings. The van der Waals surface area contributed by atoms with Crippen LogP contribution in [-0.2, 0) is 32.7 Å². The summed E-state index contributed by atoms with van der Waals surface area (Å²) in [6.45, 7) is 4.32. The molecule has 9 nitrogen and oxygen atoms in total. The van der Waals surface area contributed by atoms with Crippen molar-refractivity contribution in [2.24, 2.45) is 0 Å². The van der Waals surface area contributed by atoms with Crippen LogP contribution in [0.1, 0.15) is 309 Å². The van der Waals surface area contributed by atoms with Crippen molar-refractivity contribution in [1.29, 1.82) is 0 Å². The van der Waals surface area contributed by atoms with Gasteiger partial charge in [-0.15, -0.1) is 0 Å². The Balaban J connectivity index is 4.06. The number of rotatable bonds is 66. The third-order valence-corrected chi connectivity index (χ3v) is 16.5. The summed E-state index contributed by atoms with van der Waals surface area (Å²) in [5.41, 5.74) is 0. The van der Waals surface area contributed by atoms with Gasteiger partial charge in [-0.1, -0.05) is 309 Å². The molecule has 0 aliphatic carbocycles. The van der Waals surface area contributed by atoms with Crippen LogP contribution in [0.5, 0.6) is 0 Å². The second-order valence-corrected chi connectivity index (χ2v) is 26.7. The minimum absolute atomic E-state index is 0.0259. The van der Waals surface area contributed by atoms with Gasteiger partial charge < -0.3 is 18.9 Å². The van der Waals surface area contributed by atoms with Crippen LogP contribution in [0, 0.1) is 0 Å². The Hall–Kier alpha value is -3.59. The van der Waals surface area contributed by atoms with E-state index in [2.05, 4.69) is 135 Å². The van der Waals surface area contributed by atoms with Crippen LogP contribution in [0.25, 0.3) is 0 Å². The van der Waals surface area contributed by atoms with Gasteiger partial charge in [0, 0.05) is 12.8 Å². The number of quaternary nitrogens is 1. The van der Waals surface area contributed by atoms with E-state index in [-0.39, 0.29) is 32.0 Å². The Bertz CT molecular complexity index is 1900. The fraction of sp³-hybridized carbons (Fsp3) is 0.718. The monoisotopic (exact) mass is 1250 g/mol. The number of hydrogen-bond acceptors (Lipinski definition) is 7. The van der Waals surface area contributed by atoms with E-state index < -0.39 is 26.5 Å². The topological polar surface area (TPSA) is 108 Å². The molecule has 0 aromatic rings. The van der Waals surface area contributed by atoms with Crippen LogP contribution in [0.15, 0.2) is 122 Å². The highest BCUT2D eigenvalue weighted by Gasteiger charge is 2.27. The zero-order chi connectivity index (χ0) is 64.1. The van der Waals surface area contributed by atoms with Gasteiger partial charge >= 0.3 is 19.8 Å². The van der Waals surface area contributed by atoms with Gasteiger partial charge in [-0.05, 0) is 109 Å². The van der Waals surface area contributed by atoms with Crippen LogP contribution < -0.4 is 0 Å². The third kappa shape index (κ3) is 71.5. The van der Waals surface area contributed by atoms with Gasteiger partial charge in [0.15, 0.2) is 6.10 Å². The van der Waals surface area contributed by atoms with Crippen LogP contribution in [0.4, 0.5) is 0 Å². The van der Waals surface area contributed by atoms with E-state index in [1.165, 1.54) is 173 Å². The van der Waals surface area contributed by atoms with Crippen molar-refractivity contribution in [3.05, 3.63) is 122 Å². The first kappa shape index (κ1) is 84.4. The fourth-order valence-electron chi connectivity index (χ4n) is 9.95. The van der Waals surface area contributed by atoms with Crippen LogP contribution >= 0.6 is 7.82 Å². The minimum atomic E-state index is -4.40. The lowest BCUT2D eigenvalue weighted by Crippen LogP contribution is -2.37. The Morgan fingerprint density at radius 2 is 0.648 bits per heavy atom. The molecule has 0 rings (SSSR count). The summed E-state index contributed by atoms with van der Waals surface area (Å²) in [6.07, 6.45) is 97.3. The van der Waals surface area contributed by atoms with Gasteiger partial charge in [0.25, 0.3) is 0 Å². The zero-order valence-electron chi connectivity index (χ0n) is 57.7. The van der Waals surface area contributed by atoms with Crippen molar-refractivity contribution >= 4 is 19.8 Å². The molecule has 0 radical (unpaired) electrons. The number of unbranched alkanes of at least 4 members (excludes halogenated alkanes) is 32. The maximum atomic E-state index is 12.9. The van der Waals surface area contributed by atoms with Crippen molar-refractivity contribution in [1.82, 2.24) is 0 Å². The molecule has 88 heavy (non-hydrogen) atoms. The Kier molecular flexibility index (Phi) is 65.0. The average Bonchev–Trinajstić information content (AvgIpc) is 3.68. The number of likely N-dealkylation sites (N-methyl/N-ethyl adjacent to an activating group) is 1. The van der Waals surface area contributed by atoms with Gasteiger partial charge in [-0.25, -0.2) is 4.57 Å². The maximum Gasteiger partial charge on any atom is 0.472 e. The smallest absolute Gasteiger partial charge is 0.462 e. The second-order valence-electron chi connectivity index (χ2n) is 25.2. The van der Waals surface area contributed by atoms with Crippen molar-refractivity contribution in [3.63, 3.8) is 0 Å². The summed E-state index contributed by atoms with van der Waals surface area (Å²) >= 11 is 0. The molecular formula is C78H137NO8P+. The van der Waals surface area contributed by atoms with Crippen LogP contribution in [0.3, 0.4) is 0 Å². The summed E-state index contributed by atoms with van der Waals surface area (Å²) in [4.78, 5) is 35.9. The Morgan fingerprint density at radius 3 is 0.966 bits per heavy atom. The van der Waals surface area contributed by atoms with E-state index in [1.807, 2.05) is 21.1 Å².